The molecule has 5 heteroatoms. The smallest absolute Gasteiger partial charge is 0.261 e. The number of nitrogens with one attached hydrogen (secondary N) is 1. The number of nitrogens with zero attached hydrogens (tertiary/aromatic N) is 1. The standard InChI is InChI=1S/C24H32N2O3/c1-6-21(24(28)25-7-2)26(15-20-11-8-17(3)9-12-20)23(27)16-29-22-13-10-18(4)14-19(22)5/h8-14,21H,6-7,15-16H2,1-5H3,(H,25,28)/t21-/m1/s1. The summed E-state index contributed by atoms with van der Waals surface area (Å²) in [6.07, 6.45) is 0.535. The highest BCUT2D eigenvalue weighted by Gasteiger charge is 2.28. The molecule has 2 aromatic rings. The molecular formula is C24H32N2O3. The number of hydrogen-bond acceptors (Lipinski definition) is 3. The number of likely N-dealkylation sites (N-methyl/N-ethyl adjacent to an activating group) is 1. The van der Waals surface area contributed by atoms with Crippen LogP contribution in [-0.4, -0.2) is 35.9 Å². The topological polar surface area (TPSA) is 58.6 Å². The summed E-state index contributed by atoms with van der Waals surface area (Å²) in [7, 11) is 0. The van der Waals surface area contributed by atoms with Crippen LogP contribution in [0.25, 0.3) is 0 Å². The molecule has 0 saturated heterocycles. The fraction of sp³-hybridized carbons (Fsp3) is 0.417. The lowest BCUT2D eigenvalue weighted by Crippen LogP contribution is -2.50. The number of benzene rings is 2. The molecule has 0 aliphatic rings. The molecule has 0 bridgehead atoms. The maximum absolute atomic E-state index is 13.1. The summed E-state index contributed by atoms with van der Waals surface area (Å²) in [5, 5.41) is 2.84. The summed E-state index contributed by atoms with van der Waals surface area (Å²) in [4.78, 5) is 27.3. The van der Waals surface area contributed by atoms with E-state index in [1.807, 2.05) is 77.1 Å². The maximum Gasteiger partial charge on any atom is 0.261 e. The third-order valence-electron chi connectivity index (χ3n) is 4.89. The Hall–Kier alpha value is -2.82. The molecule has 0 saturated carbocycles. The van der Waals surface area contributed by atoms with Crippen molar-refractivity contribution in [2.24, 2.45) is 0 Å². The zero-order valence-electron chi connectivity index (χ0n) is 18.1. The van der Waals surface area contributed by atoms with E-state index in [0.717, 1.165) is 22.3 Å². The van der Waals surface area contributed by atoms with Crippen molar-refractivity contribution in [3.05, 3.63) is 64.7 Å². The van der Waals surface area contributed by atoms with Crippen molar-refractivity contribution >= 4 is 11.8 Å². The lowest BCUT2D eigenvalue weighted by Gasteiger charge is -2.30. The van der Waals surface area contributed by atoms with Gasteiger partial charge in [0.15, 0.2) is 6.61 Å². The highest BCUT2D eigenvalue weighted by atomic mass is 16.5. The van der Waals surface area contributed by atoms with Gasteiger partial charge in [-0.15, -0.1) is 0 Å². The molecule has 0 radical (unpaired) electrons. The zero-order chi connectivity index (χ0) is 21.4. The third kappa shape index (κ3) is 6.34. The van der Waals surface area contributed by atoms with Gasteiger partial charge in [0.2, 0.25) is 5.91 Å². The van der Waals surface area contributed by atoms with Crippen molar-refractivity contribution in [3.63, 3.8) is 0 Å². The van der Waals surface area contributed by atoms with Crippen molar-refractivity contribution in [2.45, 2.75) is 53.6 Å². The number of aryl methyl sites for hydroxylation is 3. The fourth-order valence-electron chi connectivity index (χ4n) is 3.29. The van der Waals surface area contributed by atoms with Crippen LogP contribution < -0.4 is 10.1 Å². The number of carbonyl (C=O) groups excluding carboxylic acids is 2. The average molecular weight is 397 g/mol. The van der Waals surface area contributed by atoms with Crippen molar-refractivity contribution in [3.8, 4) is 5.75 Å². The minimum absolute atomic E-state index is 0.105. The molecule has 29 heavy (non-hydrogen) atoms. The van der Waals surface area contributed by atoms with E-state index < -0.39 is 6.04 Å². The van der Waals surface area contributed by atoms with E-state index in [-0.39, 0.29) is 18.4 Å². The molecule has 0 unspecified atom stereocenters. The van der Waals surface area contributed by atoms with Gasteiger partial charge in [0.05, 0.1) is 0 Å². The SMILES string of the molecule is CCNC(=O)[C@@H](CC)N(Cc1ccc(C)cc1)C(=O)COc1ccc(C)cc1C. The first-order valence-electron chi connectivity index (χ1n) is 10.2. The van der Waals surface area contributed by atoms with Gasteiger partial charge in [0.25, 0.3) is 5.91 Å². The minimum Gasteiger partial charge on any atom is -0.483 e. The first kappa shape index (κ1) is 22.5. The first-order valence-corrected chi connectivity index (χ1v) is 10.2. The van der Waals surface area contributed by atoms with E-state index in [0.29, 0.717) is 25.3 Å². The number of carbonyl (C=O) groups is 2. The number of ether oxygens (including phenoxy) is 1. The highest BCUT2D eigenvalue weighted by Crippen LogP contribution is 2.19. The molecular weight excluding hydrogens is 364 g/mol. The molecule has 2 amide bonds. The monoisotopic (exact) mass is 396 g/mol. The Morgan fingerprint density at radius 1 is 1.00 bits per heavy atom. The lowest BCUT2D eigenvalue weighted by atomic mass is 10.1. The predicted octanol–water partition coefficient (Wildman–Crippen LogP) is 3.93. The van der Waals surface area contributed by atoms with Gasteiger partial charge in [-0.2, -0.15) is 0 Å². The van der Waals surface area contributed by atoms with Gasteiger partial charge in [-0.3, -0.25) is 9.59 Å². The second-order valence-electron chi connectivity index (χ2n) is 7.38. The van der Waals surface area contributed by atoms with Crippen LogP contribution in [0.15, 0.2) is 42.5 Å². The Bertz CT molecular complexity index is 831. The second kappa shape index (κ2) is 10.6. The van der Waals surface area contributed by atoms with Crippen LogP contribution in [0, 0.1) is 20.8 Å². The predicted molar refractivity (Wildman–Crippen MR) is 116 cm³/mol. The summed E-state index contributed by atoms with van der Waals surface area (Å²) in [5.41, 5.74) is 4.27. The van der Waals surface area contributed by atoms with Crippen molar-refractivity contribution in [1.82, 2.24) is 10.2 Å². The van der Waals surface area contributed by atoms with Gasteiger partial charge in [-0.25, -0.2) is 0 Å². The van der Waals surface area contributed by atoms with E-state index in [9.17, 15) is 9.59 Å². The average Bonchev–Trinajstić information content (AvgIpc) is 2.68. The van der Waals surface area contributed by atoms with E-state index in [1.54, 1.807) is 4.90 Å². The Balaban J connectivity index is 2.20. The third-order valence-corrected chi connectivity index (χ3v) is 4.89. The normalized spacial score (nSPS) is 11.6. The van der Waals surface area contributed by atoms with Crippen LogP contribution in [-0.2, 0) is 16.1 Å². The molecule has 156 valence electrons. The summed E-state index contributed by atoms with van der Waals surface area (Å²) >= 11 is 0. The van der Waals surface area contributed by atoms with Crippen LogP contribution in [0.3, 0.4) is 0 Å². The minimum atomic E-state index is -0.536. The quantitative estimate of drug-likeness (QED) is 0.699. The molecule has 0 aliphatic carbocycles. The lowest BCUT2D eigenvalue weighted by molar-refractivity contribution is -0.142. The number of hydrogen-bond donors (Lipinski definition) is 1. The number of amides is 2. The highest BCUT2D eigenvalue weighted by molar-refractivity contribution is 5.88. The molecule has 2 aromatic carbocycles. The second-order valence-corrected chi connectivity index (χ2v) is 7.38. The van der Waals surface area contributed by atoms with Crippen LogP contribution in [0.4, 0.5) is 0 Å². The Morgan fingerprint density at radius 3 is 2.24 bits per heavy atom. The van der Waals surface area contributed by atoms with Crippen LogP contribution in [0.5, 0.6) is 5.75 Å². The summed E-state index contributed by atoms with van der Waals surface area (Å²) in [5.74, 6) is 0.343. The van der Waals surface area contributed by atoms with Crippen LogP contribution >= 0.6 is 0 Å². The molecule has 0 aliphatic heterocycles. The summed E-state index contributed by atoms with van der Waals surface area (Å²) < 4.78 is 5.80. The van der Waals surface area contributed by atoms with Gasteiger partial charge in [0.1, 0.15) is 11.8 Å². The van der Waals surface area contributed by atoms with Gasteiger partial charge in [0, 0.05) is 13.1 Å². The molecule has 0 fully saturated rings. The van der Waals surface area contributed by atoms with Crippen LogP contribution in [0.1, 0.15) is 42.5 Å². The fourth-order valence-corrected chi connectivity index (χ4v) is 3.29. The van der Waals surface area contributed by atoms with Gasteiger partial charge in [-0.1, -0.05) is 54.4 Å². The molecule has 0 aromatic heterocycles. The Labute approximate surface area is 174 Å². The van der Waals surface area contributed by atoms with E-state index in [1.165, 1.54) is 0 Å². The molecule has 0 heterocycles. The van der Waals surface area contributed by atoms with Crippen LogP contribution in [0.2, 0.25) is 0 Å². The molecule has 5 nitrogen and oxygen atoms in total. The largest absolute Gasteiger partial charge is 0.483 e. The van der Waals surface area contributed by atoms with Gasteiger partial charge >= 0.3 is 0 Å². The zero-order valence-corrected chi connectivity index (χ0v) is 18.1. The first-order chi connectivity index (χ1) is 13.8. The molecule has 1 atom stereocenters. The van der Waals surface area contributed by atoms with Crippen molar-refractivity contribution in [2.75, 3.05) is 13.2 Å². The Kier molecular flexibility index (Phi) is 8.25. The molecule has 2 rings (SSSR count). The van der Waals surface area contributed by atoms with Gasteiger partial charge < -0.3 is 15.0 Å². The maximum atomic E-state index is 13.1. The van der Waals surface area contributed by atoms with Crippen molar-refractivity contribution < 1.29 is 14.3 Å². The van der Waals surface area contributed by atoms with Crippen molar-refractivity contribution in [1.29, 1.82) is 0 Å². The summed E-state index contributed by atoms with van der Waals surface area (Å²) in [6.45, 7) is 10.6. The molecule has 0 spiro atoms. The Morgan fingerprint density at radius 2 is 1.66 bits per heavy atom. The van der Waals surface area contributed by atoms with E-state index in [2.05, 4.69) is 5.32 Å². The van der Waals surface area contributed by atoms with E-state index in [4.69, 9.17) is 4.74 Å². The van der Waals surface area contributed by atoms with E-state index >= 15 is 0 Å². The number of rotatable bonds is 9. The summed E-state index contributed by atoms with van der Waals surface area (Å²) in [6, 6.07) is 13.3. The van der Waals surface area contributed by atoms with Gasteiger partial charge in [-0.05, 0) is 51.3 Å². The molecule has 1 N–H and O–H groups in total.